The van der Waals surface area contributed by atoms with Gasteiger partial charge in [0.25, 0.3) is 5.96 Å². The molecule has 1 atom stereocenters. The second-order valence-corrected chi connectivity index (χ2v) is 4.74. The average molecular weight is 244 g/mol. The fourth-order valence-corrected chi connectivity index (χ4v) is 1.91. The zero-order valence-corrected chi connectivity index (χ0v) is 10.5. The van der Waals surface area contributed by atoms with Crippen LogP contribution in [-0.4, -0.2) is 36.3 Å². The van der Waals surface area contributed by atoms with Crippen molar-refractivity contribution in [3.05, 3.63) is 10.1 Å². The van der Waals surface area contributed by atoms with E-state index in [-0.39, 0.29) is 11.6 Å². The van der Waals surface area contributed by atoms with E-state index in [1.54, 1.807) is 0 Å². The molecule has 7 nitrogen and oxygen atoms in total. The first-order valence-corrected chi connectivity index (χ1v) is 5.77. The fraction of sp³-hybridized carbons (Fsp3) is 0.900. The van der Waals surface area contributed by atoms with Gasteiger partial charge in [0.05, 0.1) is 12.2 Å². The normalized spacial score (nSPS) is 23.5. The lowest BCUT2D eigenvalue weighted by molar-refractivity contribution is -0.485. The molecule has 1 unspecified atom stereocenters. The van der Waals surface area contributed by atoms with Crippen LogP contribution in [-0.2, 0) is 4.74 Å². The van der Waals surface area contributed by atoms with Crippen molar-refractivity contribution in [2.24, 2.45) is 11.0 Å². The molecule has 0 aromatic carbocycles. The fourth-order valence-electron chi connectivity index (χ4n) is 1.91. The van der Waals surface area contributed by atoms with Crippen LogP contribution in [0.5, 0.6) is 0 Å². The number of ether oxygens (including phenoxy) is 1. The van der Waals surface area contributed by atoms with Crippen molar-refractivity contribution in [1.29, 1.82) is 0 Å². The van der Waals surface area contributed by atoms with E-state index in [1.807, 2.05) is 20.8 Å². The highest BCUT2D eigenvalue weighted by atomic mass is 16.7. The van der Waals surface area contributed by atoms with Gasteiger partial charge < -0.3 is 15.4 Å². The Labute approximate surface area is 101 Å². The monoisotopic (exact) mass is 244 g/mol. The van der Waals surface area contributed by atoms with Gasteiger partial charge in [0.2, 0.25) is 0 Å². The number of nitrogens with zero attached hydrogens (tertiary/aromatic N) is 2. The van der Waals surface area contributed by atoms with Crippen LogP contribution < -0.4 is 10.6 Å². The Hall–Kier alpha value is -1.37. The molecule has 0 aromatic rings. The summed E-state index contributed by atoms with van der Waals surface area (Å²) in [7, 11) is 0. The van der Waals surface area contributed by atoms with Crippen molar-refractivity contribution in [2.75, 3.05) is 19.7 Å². The number of guanidine groups is 1. The van der Waals surface area contributed by atoms with Crippen LogP contribution in [0.25, 0.3) is 0 Å². The van der Waals surface area contributed by atoms with Crippen molar-refractivity contribution < 1.29 is 9.77 Å². The van der Waals surface area contributed by atoms with Gasteiger partial charge in [-0.3, -0.25) is 0 Å². The molecule has 2 N–H and O–H groups in total. The lowest BCUT2D eigenvalue weighted by Gasteiger charge is -2.16. The van der Waals surface area contributed by atoms with E-state index >= 15 is 0 Å². The zero-order valence-electron chi connectivity index (χ0n) is 10.5. The molecule has 0 radical (unpaired) electrons. The van der Waals surface area contributed by atoms with Gasteiger partial charge in [-0.05, 0) is 27.2 Å². The third-order valence-electron chi connectivity index (χ3n) is 2.57. The predicted molar refractivity (Wildman–Crippen MR) is 64.2 cm³/mol. The summed E-state index contributed by atoms with van der Waals surface area (Å²) in [5, 5.41) is 18.6. The SMILES string of the molecule is CCN/C(=N\[N+](=O)[O-])NCC1COC(C)(C)C1. The Morgan fingerprint density at radius 3 is 2.76 bits per heavy atom. The molecule has 7 heteroatoms. The number of nitro groups is 1. The maximum atomic E-state index is 10.3. The van der Waals surface area contributed by atoms with E-state index in [0.717, 1.165) is 6.42 Å². The van der Waals surface area contributed by atoms with Crippen molar-refractivity contribution >= 4 is 5.96 Å². The lowest BCUT2D eigenvalue weighted by Crippen LogP contribution is -2.40. The first-order valence-electron chi connectivity index (χ1n) is 5.77. The van der Waals surface area contributed by atoms with Gasteiger partial charge in [0.15, 0.2) is 5.03 Å². The second-order valence-electron chi connectivity index (χ2n) is 4.74. The Bertz CT molecular complexity index is 304. The molecule has 98 valence electrons. The van der Waals surface area contributed by atoms with E-state index in [1.165, 1.54) is 0 Å². The Morgan fingerprint density at radius 1 is 1.59 bits per heavy atom. The maximum absolute atomic E-state index is 10.3. The first-order chi connectivity index (χ1) is 7.93. The second kappa shape index (κ2) is 5.81. The molecule has 1 aliphatic heterocycles. The topological polar surface area (TPSA) is 88.8 Å². The summed E-state index contributed by atoms with van der Waals surface area (Å²) >= 11 is 0. The van der Waals surface area contributed by atoms with E-state index < -0.39 is 5.03 Å². The molecule has 0 bridgehead atoms. The molecule has 1 heterocycles. The average Bonchev–Trinajstić information content (AvgIpc) is 2.54. The van der Waals surface area contributed by atoms with Gasteiger partial charge in [-0.25, -0.2) is 10.1 Å². The first kappa shape index (κ1) is 13.7. The molecule has 1 aliphatic rings. The molecule has 0 aromatic heterocycles. The maximum Gasteiger partial charge on any atom is 0.268 e. The quantitative estimate of drug-likeness (QED) is 0.326. The van der Waals surface area contributed by atoms with E-state index in [4.69, 9.17) is 4.74 Å². The minimum Gasteiger partial charge on any atom is -0.375 e. The van der Waals surface area contributed by atoms with Gasteiger partial charge in [-0.15, -0.1) is 0 Å². The Morgan fingerprint density at radius 2 is 2.29 bits per heavy atom. The van der Waals surface area contributed by atoms with Crippen LogP contribution >= 0.6 is 0 Å². The van der Waals surface area contributed by atoms with Crippen LogP contribution in [0.2, 0.25) is 0 Å². The molecule has 1 rings (SSSR count). The van der Waals surface area contributed by atoms with E-state index in [9.17, 15) is 10.1 Å². The van der Waals surface area contributed by atoms with Crippen LogP contribution in [0.4, 0.5) is 0 Å². The minimum atomic E-state index is -0.708. The molecule has 0 spiro atoms. The van der Waals surface area contributed by atoms with Crippen molar-refractivity contribution in [1.82, 2.24) is 10.6 Å². The number of hydrogen-bond donors (Lipinski definition) is 2. The van der Waals surface area contributed by atoms with Gasteiger partial charge >= 0.3 is 0 Å². The van der Waals surface area contributed by atoms with Crippen molar-refractivity contribution in [3.8, 4) is 0 Å². The Kier molecular flexibility index (Phi) is 4.68. The third-order valence-corrected chi connectivity index (χ3v) is 2.57. The summed E-state index contributed by atoms with van der Waals surface area (Å²) in [4.78, 5) is 10.3. The molecule has 17 heavy (non-hydrogen) atoms. The molecule has 0 saturated carbocycles. The van der Waals surface area contributed by atoms with Gasteiger partial charge in [0.1, 0.15) is 5.10 Å². The number of hydrogen-bond acceptors (Lipinski definition) is 3. The molecule has 0 aliphatic carbocycles. The summed E-state index contributed by atoms with van der Waals surface area (Å²) in [6.45, 7) is 7.85. The largest absolute Gasteiger partial charge is 0.375 e. The minimum absolute atomic E-state index is 0.0923. The van der Waals surface area contributed by atoms with Crippen LogP contribution in [0.3, 0.4) is 0 Å². The van der Waals surface area contributed by atoms with Crippen molar-refractivity contribution in [2.45, 2.75) is 32.8 Å². The summed E-state index contributed by atoms with van der Waals surface area (Å²) in [6.07, 6.45) is 0.942. The predicted octanol–water partition coefficient (Wildman–Crippen LogP) is 0.548. The summed E-state index contributed by atoms with van der Waals surface area (Å²) in [6, 6.07) is 0. The molecule has 0 amide bonds. The highest BCUT2D eigenvalue weighted by molar-refractivity contribution is 5.78. The number of hydrazone groups is 1. The van der Waals surface area contributed by atoms with Crippen LogP contribution in [0.15, 0.2) is 5.10 Å². The summed E-state index contributed by atoms with van der Waals surface area (Å²) < 4.78 is 5.59. The van der Waals surface area contributed by atoms with Crippen molar-refractivity contribution in [3.63, 3.8) is 0 Å². The van der Waals surface area contributed by atoms with E-state index in [0.29, 0.717) is 25.6 Å². The highest BCUT2D eigenvalue weighted by Crippen LogP contribution is 2.28. The molecular weight excluding hydrogens is 224 g/mol. The molecule has 1 fully saturated rings. The van der Waals surface area contributed by atoms with Crippen LogP contribution in [0, 0.1) is 16.0 Å². The molecule has 1 saturated heterocycles. The van der Waals surface area contributed by atoms with Gasteiger partial charge in [0, 0.05) is 19.0 Å². The Balaban J connectivity index is 2.40. The highest BCUT2D eigenvalue weighted by Gasteiger charge is 2.31. The van der Waals surface area contributed by atoms with E-state index in [2.05, 4.69) is 15.7 Å². The lowest BCUT2D eigenvalue weighted by atomic mass is 9.98. The third kappa shape index (κ3) is 4.99. The smallest absolute Gasteiger partial charge is 0.268 e. The summed E-state index contributed by atoms with van der Waals surface area (Å²) in [5.74, 6) is 0.572. The van der Waals surface area contributed by atoms with Gasteiger partial charge in [-0.1, -0.05) is 0 Å². The number of nitrogens with one attached hydrogen (secondary N) is 2. The number of rotatable bonds is 4. The standard InChI is InChI=1S/C10H20N4O3/c1-4-11-9(13-14(15)16)12-6-8-5-10(2,3)17-7-8/h8H,4-7H2,1-3H3,(H2,11,12,13). The van der Waals surface area contributed by atoms with Crippen LogP contribution in [0.1, 0.15) is 27.2 Å². The zero-order chi connectivity index (χ0) is 12.9. The summed E-state index contributed by atoms with van der Waals surface area (Å²) in [5.41, 5.74) is -0.0923. The molecular formula is C10H20N4O3. The van der Waals surface area contributed by atoms with Gasteiger partial charge in [-0.2, -0.15) is 0 Å².